The number of anilines is 1. The highest BCUT2D eigenvalue weighted by atomic mass is 31.2. The maximum atomic E-state index is 12.8. The van der Waals surface area contributed by atoms with Crippen LogP contribution in [0.2, 0.25) is 0 Å². The molecular weight excluding hydrogens is 463 g/mol. The van der Waals surface area contributed by atoms with Gasteiger partial charge in [0, 0.05) is 13.6 Å². The van der Waals surface area contributed by atoms with Crippen molar-refractivity contribution in [2.45, 2.75) is 39.8 Å². The highest BCUT2D eigenvalue weighted by Gasteiger charge is 2.27. The molecule has 3 aromatic rings. The molecule has 3 rings (SSSR count). The van der Waals surface area contributed by atoms with E-state index >= 15 is 0 Å². The molecular formula is C21H27N6O6P. The second-order valence-electron chi connectivity index (χ2n) is 8.20. The third-order valence-corrected chi connectivity index (χ3v) is 6.05. The minimum atomic E-state index is -3.86. The van der Waals surface area contributed by atoms with E-state index in [9.17, 15) is 19.0 Å². The van der Waals surface area contributed by atoms with Gasteiger partial charge in [-0.05, 0) is 45.4 Å². The van der Waals surface area contributed by atoms with Crippen molar-refractivity contribution in [3.63, 3.8) is 0 Å². The Hall–Kier alpha value is -3.34. The zero-order valence-electron chi connectivity index (χ0n) is 19.5. The van der Waals surface area contributed by atoms with Crippen LogP contribution in [0.25, 0.3) is 11.0 Å². The maximum Gasteiger partial charge on any atom is 0.435 e. The van der Waals surface area contributed by atoms with Crippen molar-refractivity contribution >= 4 is 41.8 Å². The summed E-state index contributed by atoms with van der Waals surface area (Å²) in [5.41, 5.74) is 0.287. The van der Waals surface area contributed by atoms with Gasteiger partial charge in [-0.3, -0.25) is 9.36 Å². The van der Waals surface area contributed by atoms with Crippen LogP contribution in [0.3, 0.4) is 0 Å². The van der Waals surface area contributed by atoms with Gasteiger partial charge in [-0.25, -0.2) is 14.8 Å². The average molecular weight is 490 g/mol. The molecule has 3 N–H and O–H groups in total. The minimum Gasteiger partial charge on any atom is -0.442 e. The fourth-order valence-corrected chi connectivity index (χ4v) is 4.05. The van der Waals surface area contributed by atoms with Crippen LogP contribution in [0.1, 0.15) is 43.7 Å². The van der Waals surface area contributed by atoms with Crippen molar-refractivity contribution in [3.05, 3.63) is 41.9 Å². The first-order valence-corrected chi connectivity index (χ1v) is 12.0. The Bertz CT molecular complexity index is 1250. The Morgan fingerprint density at radius 1 is 1.18 bits per heavy atom. The van der Waals surface area contributed by atoms with Gasteiger partial charge in [0.25, 0.3) is 5.91 Å². The van der Waals surface area contributed by atoms with Crippen molar-refractivity contribution in [2.75, 3.05) is 19.0 Å². The van der Waals surface area contributed by atoms with Crippen molar-refractivity contribution in [1.82, 2.24) is 25.1 Å². The second kappa shape index (κ2) is 9.88. The molecule has 13 heteroatoms. The molecule has 0 aliphatic carbocycles. The third kappa shape index (κ3) is 5.58. The molecule has 1 unspecified atom stereocenters. The fourth-order valence-electron chi connectivity index (χ4n) is 3.03. The molecule has 0 spiro atoms. The van der Waals surface area contributed by atoms with Gasteiger partial charge >= 0.3 is 13.7 Å². The Morgan fingerprint density at radius 3 is 2.44 bits per heavy atom. The van der Waals surface area contributed by atoms with Gasteiger partial charge in [0.1, 0.15) is 23.0 Å². The van der Waals surface area contributed by atoms with E-state index in [1.54, 1.807) is 39.8 Å². The summed E-state index contributed by atoms with van der Waals surface area (Å²) in [6.45, 7) is 7.15. The van der Waals surface area contributed by atoms with Gasteiger partial charge in [0.2, 0.25) is 0 Å². The summed E-state index contributed by atoms with van der Waals surface area (Å²) in [4.78, 5) is 43.4. The number of amides is 1. The number of ether oxygens (including phenoxy) is 1. The van der Waals surface area contributed by atoms with Gasteiger partial charge in [-0.15, -0.1) is 0 Å². The van der Waals surface area contributed by atoms with E-state index in [2.05, 4.69) is 25.7 Å². The molecule has 1 atom stereocenters. The highest BCUT2D eigenvalue weighted by molar-refractivity contribution is 7.61. The lowest BCUT2D eigenvalue weighted by atomic mass is 10.2. The van der Waals surface area contributed by atoms with Crippen LogP contribution in [0.15, 0.2) is 30.6 Å². The Morgan fingerprint density at radius 2 is 1.85 bits per heavy atom. The molecule has 12 nitrogen and oxygen atoms in total. The second-order valence-corrected chi connectivity index (χ2v) is 10.0. The lowest BCUT2D eigenvalue weighted by Crippen LogP contribution is -2.28. The Kier molecular flexibility index (Phi) is 7.35. The summed E-state index contributed by atoms with van der Waals surface area (Å²) in [6, 6.07) is 6.36. The van der Waals surface area contributed by atoms with Gasteiger partial charge in [-0.2, -0.15) is 9.78 Å². The van der Waals surface area contributed by atoms with Crippen molar-refractivity contribution in [2.24, 2.45) is 0 Å². The summed E-state index contributed by atoms with van der Waals surface area (Å²) in [5.74, 6) is -0.264. The number of aromatic nitrogens is 4. The van der Waals surface area contributed by atoms with Crippen LogP contribution >= 0.6 is 7.60 Å². The number of nitrogens with zero attached hydrogens (tertiary/aromatic N) is 4. The van der Waals surface area contributed by atoms with Crippen molar-refractivity contribution in [3.8, 4) is 0 Å². The lowest BCUT2D eigenvalue weighted by Gasteiger charge is -2.19. The summed E-state index contributed by atoms with van der Waals surface area (Å²) in [7, 11) is -2.42. The molecule has 1 aromatic carbocycles. The van der Waals surface area contributed by atoms with Crippen molar-refractivity contribution in [1.29, 1.82) is 0 Å². The number of hydrogen-bond acceptors (Lipinski definition) is 9. The predicted molar refractivity (Wildman–Crippen MR) is 125 cm³/mol. The third-order valence-electron chi connectivity index (χ3n) is 4.49. The molecule has 0 aliphatic heterocycles. The average Bonchev–Trinajstić information content (AvgIpc) is 3.17. The largest absolute Gasteiger partial charge is 0.442 e. The monoisotopic (exact) mass is 490 g/mol. The molecule has 34 heavy (non-hydrogen) atoms. The summed E-state index contributed by atoms with van der Waals surface area (Å²) < 4.78 is 23.5. The van der Waals surface area contributed by atoms with Crippen LogP contribution < -0.4 is 15.9 Å². The summed E-state index contributed by atoms with van der Waals surface area (Å²) >= 11 is 0. The molecule has 182 valence electrons. The number of carbonyl (C=O) groups is 2. The van der Waals surface area contributed by atoms with E-state index < -0.39 is 25.2 Å². The number of rotatable bonds is 7. The maximum absolute atomic E-state index is 12.8. The Balaban J connectivity index is 1.95. The SMILES string of the molecule is CCOP(=O)(O)c1ccc(CNc2ncnc3c(C(=O)NC)nn(C(=O)OC(C)(C)C)c23)cc1. The molecule has 1 amide bonds. The molecule has 0 saturated carbocycles. The van der Waals surface area contributed by atoms with Crippen LogP contribution in [0, 0.1) is 0 Å². The van der Waals surface area contributed by atoms with Gasteiger partial charge < -0.3 is 24.8 Å². The van der Waals surface area contributed by atoms with Crippen LogP contribution in [-0.2, 0) is 20.4 Å². The molecule has 0 radical (unpaired) electrons. The van der Waals surface area contributed by atoms with E-state index in [4.69, 9.17) is 9.26 Å². The van der Waals surface area contributed by atoms with Crippen LogP contribution in [0.4, 0.5) is 10.6 Å². The summed E-state index contributed by atoms with van der Waals surface area (Å²) in [6.07, 6.45) is 0.468. The standard InChI is InChI=1S/C21H27N6O6P/c1-6-32-34(30,31)14-9-7-13(8-10-14)11-23-18-17-15(24-12-25-18)16(19(28)22-5)26-27(17)20(29)33-21(2,3)4/h7-10,12H,6,11H2,1-5H3,(H,22,28)(H,30,31)(H,23,24,25). The molecule has 0 saturated heterocycles. The van der Waals surface area contributed by atoms with Gasteiger partial charge in [0.15, 0.2) is 11.5 Å². The normalized spacial score (nSPS) is 13.4. The first kappa shape index (κ1) is 25.3. The number of fused-ring (bicyclic) bond motifs is 1. The first-order valence-electron chi connectivity index (χ1n) is 10.5. The van der Waals surface area contributed by atoms with Gasteiger partial charge in [-0.1, -0.05) is 12.1 Å². The molecule has 0 fully saturated rings. The Labute approximate surface area is 196 Å². The topological polar surface area (TPSA) is 158 Å². The number of carbonyl (C=O) groups excluding carboxylic acids is 2. The summed E-state index contributed by atoms with van der Waals surface area (Å²) in [5, 5.41) is 9.89. The number of nitrogens with one attached hydrogen (secondary N) is 2. The first-order chi connectivity index (χ1) is 16.0. The fraction of sp³-hybridized carbons (Fsp3) is 0.381. The van der Waals surface area contributed by atoms with E-state index in [1.165, 1.54) is 25.5 Å². The quantitative estimate of drug-likeness (QED) is 0.420. The van der Waals surface area contributed by atoms with Crippen molar-refractivity contribution < 1.29 is 28.3 Å². The van der Waals surface area contributed by atoms with E-state index in [0.717, 1.165) is 10.2 Å². The predicted octanol–water partition coefficient (Wildman–Crippen LogP) is 2.43. The smallest absolute Gasteiger partial charge is 0.435 e. The highest BCUT2D eigenvalue weighted by Crippen LogP contribution is 2.40. The number of benzene rings is 1. The van der Waals surface area contributed by atoms with Crippen LogP contribution in [0.5, 0.6) is 0 Å². The lowest BCUT2D eigenvalue weighted by molar-refractivity contribution is 0.0522. The zero-order valence-corrected chi connectivity index (χ0v) is 20.4. The molecule has 2 heterocycles. The number of hydrogen-bond donors (Lipinski definition) is 3. The molecule has 0 bridgehead atoms. The van der Waals surface area contributed by atoms with E-state index in [0.29, 0.717) is 0 Å². The van der Waals surface area contributed by atoms with E-state index in [1.807, 2.05) is 0 Å². The van der Waals surface area contributed by atoms with Gasteiger partial charge in [0.05, 0.1) is 11.9 Å². The molecule has 2 aromatic heterocycles. The van der Waals surface area contributed by atoms with Crippen LogP contribution in [-0.4, -0.2) is 55.9 Å². The molecule has 0 aliphatic rings. The van der Waals surface area contributed by atoms with E-state index in [-0.39, 0.29) is 41.0 Å². The zero-order chi connectivity index (χ0) is 25.1. The minimum absolute atomic E-state index is 0.0483.